The summed E-state index contributed by atoms with van der Waals surface area (Å²) < 4.78 is 0. The number of nitrogens with zero attached hydrogens (tertiary/aromatic N) is 2. The summed E-state index contributed by atoms with van der Waals surface area (Å²) >= 11 is 0. The lowest BCUT2D eigenvalue weighted by molar-refractivity contribution is -0.119. The molecular formula is C21H24N4O2. The maximum absolute atomic E-state index is 12.8. The Bertz CT molecular complexity index is 833. The van der Waals surface area contributed by atoms with Crippen molar-refractivity contribution in [3.63, 3.8) is 0 Å². The van der Waals surface area contributed by atoms with Gasteiger partial charge in [0.1, 0.15) is 5.82 Å². The molecule has 2 aliphatic rings. The van der Waals surface area contributed by atoms with E-state index in [4.69, 9.17) is 0 Å². The van der Waals surface area contributed by atoms with E-state index in [2.05, 4.69) is 15.6 Å². The summed E-state index contributed by atoms with van der Waals surface area (Å²) in [5.41, 5.74) is 1.17. The Balaban J connectivity index is 1.57. The van der Waals surface area contributed by atoms with E-state index in [-0.39, 0.29) is 11.8 Å². The number of carbonyl (C=O) groups excluding carboxylic acids is 2. The van der Waals surface area contributed by atoms with Gasteiger partial charge < -0.3 is 15.5 Å². The monoisotopic (exact) mass is 364 g/mol. The van der Waals surface area contributed by atoms with Gasteiger partial charge in [-0.2, -0.15) is 0 Å². The summed E-state index contributed by atoms with van der Waals surface area (Å²) in [7, 11) is 0. The summed E-state index contributed by atoms with van der Waals surface area (Å²) in [6, 6.07) is 13.6. The Morgan fingerprint density at radius 1 is 1.15 bits per heavy atom. The molecular weight excluding hydrogens is 340 g/mol. The highest BCUT2D eigenvalue weighted by atomic mass is 16.2. The number of carbonyl (C=O) groups is 2. The van der Waals surface area contributed by atoms with Crippen molar-refractivity contribution in [3.05, 3.63) is 59.8 Å². The Labute approximate surface area is 159 Å². The van der Waals surface area contributed by atoms with Gasteiger partial charge in [-0.25, -0.2) is 4.98 Å². The third-order valence-corrected chi connectivity index (χ3v) is 5.47. The van der Waals surface area contributed by atoms with Crippen LogP contribution in [0.5, 0.6) is 0 Å². The van der Waals surface area contributed by atoms with E-state index in [0.29, 0.717) is 30.8 Å². The van der Waals surface area contributed by atoms with Gasteiger partial charge in [0.25, 0.3) is 5.91 Å². The first-order chi connectivity index (χ1) is 13.2. The second kappa shape index (κ2) is 7.39. The number of aromatic nitrogens is 1. The van der Waals surface area contributed by atoms with Gasteiger partial charge in [-0.3, -0.25) is 9.59 Å². The molecule has 6 nitrogen and oxygen atoms in total. The first-order valence-electron chi connectivity index (χ1n) is 9.53. The Hall–Kier alpha value is -2.89. The van der Waals surface area contributed by atoms with E-state index in [0.717, 1.165) is 31.5 Å². The van der Waals surface area contributed by atoms with Crippen molar-refractivity contribution in [2.24, 2.45) is 0 Å². The fourth-order valence-electron chi connectivity index (χ4n) is 3.97. The van der Waals surface area contributed by atoms with Crippen molar-refractivity contribution in [2.45, 2.75) is 31.2 Å². The number of likely N-dealkylation sites (tertiary alicyclic amines) is 1. The van der Waals surface area contributed by atoms with Crippen LogP contribution in [0.3, 0.4) is 0 Å². The van der Waals surface area contributed by atoms with Crippen LogP contribution in [-0.2, 0) is 10.3 Å². The first kappa shape index (κ1) is 17.5. The van der Waals surface area contributed by atoms with E-state index in [1.165, 1.54) is 0 Å². The molecule has 2 amide bonds. The minimum absolute atomic E-state index is 0.0207. The molecule has 1 aromatic heterocycles. The molecule has 2 aromatic rings. The fourth-order valence-corrected chi connectivity index (χ4v) is 3.97. The predicted molar refractivity (Wildman–Crippen MR) is 103 cm³/mol. The second-order valence-corrected chi connectivity index (χ2v) is 7.25. The summed E-state index contributed by atoms with van der Waals surface area (Å²) in [5, 5.41) is 6.48. The van der Waals surface area contributed by atoms with Gasteiger partial charge >= 0.3 is 0 Å². The topological polar surface area (TPSA) is 74.3 Å². The number of pyridine rings is 1. The van der Waals surface area contributed by atoms with Crippen LogP contribution >= 0.6 is 0 Å². The molecule has 0 saturated carbocycles. The Kier molecular flexibility index (Phi) is 4.79. The van der Waals surface area contributed by atoms with Gasteiger partial charge in [0.2, 0.25) is 5.91 Å². The van der Waals surface area contributed by atoms with Gasteiger partial charge in [0, 0.05) is 32.3 Å². The second-order valence-electron chi connectivity index (χ2n) is 7.25. The van der Waals surface area contributed by atoms with Crippen molar-refractivity contribution in [3.8, 4) is 0 Å². The molecule has 0 spiro atoms. The quantitative estimate of drug-likeness (QED) is 0.855. The van der Waals surface area contributed by atoms with Crippen LogP contribution < -0.4 is 10.6 Å². The highest BCUT2D eigenvalue weighted by Gasteiger charge is 2.39. The van der Waals surface area contributed by atoms with Crippen LogP contribution in [0.1, 0.15) is 41.6 Å². The average molecular weight is 364 g/mol. The van der Waals surface area contributed by atoms with E-state index in [1.807, 2.05) is 41.3 Å². The standard InChI is InChI=1S/C21H24N4O2/c26-18-10-11-21(24-18,16-7-2-1-3-8-16)15-23-19-17(9-6-12-22-19)20(27)25-13-4-5-14-25/h1-3,6-9,12H,4-5,10-11,13-15H2,(H,22,23)(H,24,26). The van der Waals surface area contributed by atoms with Crippen LogP contribution in [0, 0.1) is 0 Å². The molecule has 27 heavy (non-hydrogen) atoms. The van der Waals surface area contributed by atoms with Gasteiger partial charge in [-0.1, -0.05) is 30.3 Å². The SMILES string of the molecule is O=C1CCC(CNc2ncccc2C(=O)N2CCCC2)(c2ccccc2)N1. The van der Waals surface area contributed by atoms with Crippen molar-refractivity contribution in [2.75, 3.05) is 25.0 Å². The lowest BCUT2D eigenvalue weighted by Gasteiger charge is -2.30. The molecule has 140 valence electrons. The normalized spacial score (nSPS) is 21.9. The molecule has 1 atom stereocenters. The number of nitrogens with one attached hydrogen (secondary N) is 2. The molecule has 2 aliphatic heterocycles. The lowest BCUT2D eigenvalue weighted by atomic mass is 9.88. The third kappa shape index (κ3) is 3.52. The molecule has 3 heterocycles. The summed E-state index contributed by atoms with van der Waals surface area (Å²) in [6.07, 6.45) is 5.00. The van der Waals surface area contributed by atoms with Crippen LogP contribution in [-0.4, -0.2) is 41.3 Å². The predicted octanol–water partition coefficient (Wildman–Crippen LogP) is 2.54. The summed E-state index contributed by atoms with van der Waals surface area (Å²) in [6.45, 7) is 2.09. The third-order valence-electron chi connectivity index (χ3n) is 5.47. The molecule has 0 bridgehead atoms. The zero-order valence-electron chi connectivity index (χ0n) is 15.3. The van der Waals surface area contributed by atoms with Crippen LogP contribution in [0.2, 0.25) is 0 Å². The molecule has 1 unspecified atom stereocenters. The minimum Gasteiger partial charge on any atom is -0.367 e. The number of rotatable bonds is 5. The highest BCUT2D eigenvalue weighted by Crippen LogP contribution is 2.32. The number of hydrogen-bond acceptors (Lipinski definition) is 4. The van der Waals surface area contributed by atoms with Gasteiger partial charge in [0.05, 0.1) is 11.1 Å². The first-order valence-corrected chi connectivity index (χ1v) is 9.53. The molecule has 1 aromatic carbocycles. The summed E-state index contributed by atoms with van der Waals surface area (Å²) in [4.78, 5) is 31.1. The molecule has 2 saturated heterocycles. The van der Waals surface area contributed by atoms with Crippen LogP contribution in [0.15, 0.2) is 48.7 Å². The van der Waals surface area contributed by atoms with E-state index in [1.54, 1.807) is 12.3 Å². The van der Waals surface area contributed by atoms with Crippen molar-refractivity contribution in [1.29, 1.82) is 0 Å². The molecule has 2 N–H and O–H groups in total. The number of amides is 2. The maximum atomic E-state index is 12.8. The van der Waals surface area contributed by atoms with E-state index >= 15 is 0 Å². The summed E-state index contributed by atoms with van der Waals surface area (Å²) in [5.74, 6) is 0.646. The van der Waals surface area contributed by atoms with Crippen molar-refractivity contribution < 1.29 is 9.59 Å². The van der Waals surface area contributed by atoms with Gasteiger partial charge in [0.15, 0.2) is 0 Å². The highest BCUT2D eigenvalue weighted by molar-refractivity contribution is 5.98. The molecule has 2 fully saturated rings. The zero-order chi connectivity index (χ0) is 18.7. The molecule has 0 aliphatic carbocycles. The fraction of sp³-hybridized carbons (Fsp3) is 0.381. The molecule has 0 radical (unpaired) electrons. The molecule has 6 heteroatoms. The molecule has 4 rings (SSSR count). The number of benzene rings is 1. The number of anilines is 1. The zero-order valence-corrected chi connectivity index (χ0v) is 15.3. The Morgan fingerprint density at radius 3 is 2.63 bits per heavy atom. The van der Waals surface area contributed by atoms with E-state index < -0.39 is 5.54 Å². The van der Waals surface area contributed by atoms with Crippen LogP contribution in [0.25, 0.3) is 0 Å². The Morgan fingerprint density at radius 2 is 1.93 bits per heavy atom. The van der Waals surface area contributed by atoms with Crippen molar-refractivity contribution >= 4 is 17.6 Å². The lowest BCUT2D eigenvalue weighted by Crippen LogP contribution is -2.45. The van der Waals surface area contributed by atoms with E-state index in [9.17, 15) is 9.59 Å². The number of hydrogen-bond donors (Lipinski definition) is 2. The van der Waals surface area contributed by atoms with Gasteiger partial charge in [-0.15, -0.1) is 0 Å². The van der Waals surface area contributed by atoms with Gasteiger partial charge in [-0.05, 0) is 37.0 Å². The van der Waals surface area contributed by atoms with Crippen LogP contribution in [0.4, 0.5) is 5.82 Å². The minimum atomic E-state index is -0.482. The maximum Gasteiger partial charge on any atom is 0.257 e. The largest absolute Gasteiger partial charge is 0.367 e. The van der Waals surface area contributed by atoms with Crippen molar-refractivity contribution in [1.82, 2.24) is 15.2 Å². The smallest absolute Gasteiger partial charge is 0.257 e. The average Bonchev–Trinajstić information content (AvgIpc) is 3.37.